The van der Waals surface area contributed by atoms with Gasteiger partial charge in [-0.2, -0.15) is 18.2 Å². The maximum absolute atomic E-state index is 13.2. The molecule has 1 fully saturated rings. The maximum Gasteiger partial charge on any atom is 0.406 e. The van der Waals surface area contributed by atoms with E-state index in [-0.39, 0.29) is 34.7 Å². The van der Waals surface area contributed by atoms with Crippen molar-refractivity contribution in [3.63, 3.8) is 0 Å². The van der Waals surface area contributed by atoms with Gasteiger partial charge in [0.15, 0.2) is 11.2 Å². The predicted octanol–water partition coefficient (Wildman–Crippen LogP) is 2.20. The molecule has 2 aliphatic heterocycles. The third-order valence-electron chi connectivity index (χ3n) is 6.02. The molecular weight excluding hydrogens is 461 g/mol. The number of imidazole rings is 1. The van der Waals surface area contributed by atoms with Gasteiger partial charge in [0.1, 0.15) is 6.54 Å². The van der Waals surface area contributed by atoms with E-state index in [1.807, 2.05) is 41.4 Å². The molecule has 1 unspecified atom stereocenters. The van der Waals surface area contributed by atoms with Gasteiger partial charge in [-0.05, 0) is 12.0 Å². The second kappa shape index (κ2) is 8.29. The van der Waals surface area contributed by atoms with E-state index in [0.717, 1.165) is 28.8 Å². The molecule has 0 amide bonds. The Balaban J connectivity index is 0.00000259. The zero-order valence-electron chi connectivity index (χ0n) is 17.7. The lowest BCUT2D eigenvalue weighted by molar-refractivity contribution is -0.141. The van der Waals surface area contributed by atoms with Crippen molar-refractivity contribution in [1.29, 1.82) is 0 Å². The highest BCUT2D eigenvalue weighted by molar-refractivity contribution is 5.85. The number of halogens is 4. The van der Waals surface area contributed by atoms with Crippen LogP contribution < -0.4 is 21.5 Å². The first-order valence-corrected chi connectivity index (χ1v) is 10.3. The summed E-state index contributed by atoms with van der Waals surface area (Å²) in [5.74, 6) is 0.754. The smallest absolute Gasteiger partial charge is 0.389 e. The number of hydrogen-bond donors (Lipinski definition) is 1. The first-order valence-electron chi connectivity index (χ1n) is 10.3. The summed E-state index contributed by atoms with van der Waals surface area (Å²) in [5.41, 5.74) is -0.112. The Labute approximate surface area is 192 Å². The summed E-state index contributed by atoms with van der Waals surface area (Å²) in [6.45, 7) is 0.0533. The van der Waals surface area contributed by atoms with Gasteiger partial charge in [-0.1, -0.05) is 30.3 Å². The molecule has 33 heavy (non-hydrogen) atoms. The molecule has 1 atom stereocenters. The van der Waals surface area contributed by atoms with Gasteiger partial charge in [0.25, 0.3) is 5.56 Å². The van der Waals surface area contributed by atoms with Crippen molar-refractivity contribution < 1.29 is 13.2 Å². The average molecular weight is 483 g/mol. The number of hydrogen-bond acceptors (Lipinski definition) is 5. The van der Waals surface area contributed by atoms with Crippen LogP contribution in [-0.2, 0) is 20.1 Å². The van der Waals surface area contributed by atoms with Crippen LogP contribution in [0.25, 0.3) is 11.2 Å². The highest BCUT2D eigenvalue weighted by Gasteiger charge is 2.36. The third-order valence-corrected chi connectivity index (χ3v) is 6.02. The molecule has 1 aromatic carbocycles. The lowest BCUT2D eigenvalue weighted by atomic mass is 10.1. The fourth-order valence-electron chi connectivity index (χ4n) is 4.51. The predicted molar refractivity (Wildman–Crippen MR) is 120 cm³/mol. The van der Waals surface area contributed by atoms with Crippen LogP contribution >= 0.6 is 12.4 Å². The van der Waals surface area contributed by atoms with Gasteiger partial charge in [-0.25, -0.2) is 9.36 Å². The van der Waals surface area contributed by atoms with E-state index < -0.39 is 24.0 Å². The second-order valence-electron chi connectivity index (χ2n) is 8.12. The third kappa shape index (κ3) is 3.90. The number of alkyl halides is 3. The van der Waals surface area contributed by atoms with Crippen LogP contribution in [0.4, 0.5) is 19.1 Å². The Bertz CT molecular complexity index is 1340. The van der Waals surface area contributed by atoms with Crippen molar-refractivity contribution in [3.05, 3.63) is 68.6 Å². The summed E-state index contributed by atoms with van der Waals surface area (Å²) in [7, 11) is 1.34. The summed E-state index contributed by atoms with van der Waals surface area (Å²) in [6.07, 6.45) is -1.91. The van der Waals surface area contributed by atoms with Crippen LogP contribution in [-0.4, -0.2) is 38.0 Å². The van der Waals surface area contributed by atoms with E-state index >= 15 is 0 Å². The first kappa shape index (κ1) is 23.0. The molecule has 8 nitrogen and oxygen atoms in total. The molecule has 2 aliphatic rings. The standard InChI is InChI=1S/C21H21F3N6O2.ClH/c1-27-17-16(18(31)30(20(27)32)12-21(22,23)24)29(11-13-5-3-2-4-6-13)19(26-17)28-8-7-14-9-25-10-15(14)28;/h2-6,10,14,25H,7-9,11-12H2,1H3;1H. The minimum atomic E-state index is -4.71. The molecule has 0 bridgehead atoms. The molecule has 2 aromatic heterocycles. The highest BCUT2D eigenvalue weighted by Crippen LogP contribution is 2.35. The molecular formula is C21H22ClF3N6O2. The van der Waals surface area contributed by atoms with E-state index in [4.69, 9.17) is 0 Å². The maximum atomic E-state index is 13.2. The lowest BCUT2D eigenvalue weighted by Gasteiger charge is -2.20. The number of nitrogens with one attached hydrogen (secondary N) is 1. The number of fused-ring (bicyclic) bond motifs is 2. The van der Waals surface area contributed by atoms with E-state index in [0.29, 0.717) is 18.4 Å². The van der Waals surface area contributed by atoms with Crippen LogP contribution in [0.15, 0.2) is 51.8 Å². The number of anilines is 1. The normalized spacial score (nSPS) is 17.6. The van der Waals surface area contributed by atoms with E-state index in [2.05, 4.69) is 10.3 Å². The zero-order valence-corrected chi connectivity index (χ0v) is 18.5. The molecule has 1 N–H and O–H groups in total. The molecule has 0 spiro atoms. The van der Waals surface area contributed by atoms with Crippen molar-refractivity contribution in [2.75, 3.05) is 18.0 Å². The largest absolute Gasteiger partial charge is 0.406 e. The highest BCUT2D eigenvalue weighted by atomic mass is 35.5. The summed E-state index contributed by atoms with van der Waals surface area (Å²) < 4.78 is 42.3. The second-order valence-corrected chi connectivity index (χ2v) is 8.12. The van der Waals surface area contributed by atoms with Crippen LogP contribution in [0.2, 0.25) is 0 Å². The van der Waals surface area contributed by atoms with Gasteiger partial charge in [0.05, 0.1) is 6.54 Å². The van der Waals surface area contributed by atoms with Crippen molar-refractivity contribution in [2.24, 2.45) is 13.0 Å². The minimum Gasteiger partial charge on any atom is -0.389 e. The zero-order chi connectivity index (χ0) is 22.6. The molecule has 4 heterocycles. The molecule has 5 rings (SSSR count). The number of nitrogens with zero attached hydrogens (tertiary/aromatic N) is 5. The van der Waals surface area contributed by atoms with Crippen molar-refractivity contribution >= 4 is 29.5 Å². The summed E-state index contributed by atoms with van der Waals surface area (Å²) >= 11 is 0. The van der Waals surface area contributed by atoms with Gasteiger partial charge in [-0.3, -0.25) is 13.9 Å². The lowest BCUT2D eigenvalue weighted by Crippen LogP contribution is -2.43. The number of aryl methyl sites for hydroxylation is 1. The van der Waals surface area contributed by atoms with Crippen LogP contribution in [0.5, 0.6) is 0 Å². The number of aromatic nitrogens is 4. The Morgan fingerprint density at radius 1 is 1.15 bits per heavy atom. The van der Waals surface area contributed by atoms with Gasteiger partial charge < -0.3 is 10.2 Å². The Morgan fingerprint density at radius 2 is 1.88 bits per heavy atom. The first-order chi connectivity index (χ1) is 15.2. The summed E-state index contributed by atoms with van der Waals surface area (Å²) in [5, 5.41) is 3.21. The van der Waals surface area contributed by atoms with E-state index in [1.54, 1.807) is 4.57 Å². The van der Waals surface area contributed by atoms with Crippen LogP contribution in [0.3, 0.4) is 0 Å². The Kier molecular flexibility index (Phi) is 5.77. The topological polar surface area (TPSA) is 77.1 Å². The Hall–Kier alpha value is -3.21. The summed E-state index contributed by atoms with van der Waals surface area (Å²) in [6, 6.07) is 9.29. The van der Waals surface area contributed by atoms with E-state index in [1.165, 1.54) is 7.05 Å². The molecule has 176 valence electrons. The van der Waals surface area contributed by atoms with E-state index in [9.17, 15) is 22.8 Å². The minimum absolute atomic E-state index is 0. The quantitative estimate of drug-likeness (QED) is 0.617. The van der Waals surface area contributed by atoms with Crippen LogP contribution in [0, 0.1) is 5.92 Å². The molecule has 0 aliphatic carbocycles. The molecule has 0 radical (unpaired) electrons. The van der Waals surface area contributed by atoms with Gasteiger partial charge >= 0.3 is 11.9 Å². The average Bonchev–Trinajstić information content (AvgIpc) is 3.44. The fourth-order valence-corrected chi connectivity index (χ4v) is 4.51. The van der Waals surface area contributed by atoms with Crippen LogP contribution in [0.1, 0.15) is 12.0 Å². The van der Waals surface area contributed by atoms with Crippen molar-refractivity contribution in [1.82, 2.24) is 24.0 Å². The fraction of sp³-hybridized carbons (Fsp3) is 0.381. The van der Waals surface area contributed by atoms with Crippen molar-refractivity contribution in [2.45, 2.75) is 25.7 Å². The van der Waals surface area contributed by atoms with Gasteiger partial charge in [0, 0.05) is 38.0 Å². The molecule has 1 saturated heterocycles. The summed E-state index contributed by atoms with van der Waals surface area (Å²) in [4.78, 5) is 32.4. The monoisotopic (exact) mass is 482 g/mol. The van der Waals surface area contributed by atoms with Gasteiger partial charge in [-0.15, -0.1) is 12.4 Å². The molecule has 0 saturated carbocycles. The van der Waals surface area contributed by atoms with Gasteiger partial charge in [0.2, 0.25) is 5.95 Å². The Morgan fingerprint density at radius 3 is 2.58 bits per heavy atom. The molecule has 3 aromatic rings. The number of rotatable bonds is 4. The SMILES string of the molecule is Cl.Cn1c(=O)n(CC(F)(F)F)c(=O)c2c1nc(N1CCC3CNC=C31)n2Cc1ccccc1. The molecule has 12 heteroatoms. The van der Waals surface area contributed by atoms with Crippen molar-refractivity contribution in [3.8, 4) is 0 Å². The number of benzene rings is 1.